The fraction of sp³-hybridized carbons (Fsp3) is 0.371. The Morgan fingerprint density at radius 3 is 2.63 bits per heavy atom. The zero-order valence-electron chi connectivity index (χ0n) is 26.7. The average Bonchev–Trinajstić information content (AvgIpc) is 3.48. The summed E-state index contributed by atoms with van der Waals surface area (Å²) in [5, 5.41) is 9.38. The summed E-state index contributed by atoms with van der Waals surface area (Å²) in [7, 11) is 1.70. The second-order valence-corrected chi connectivity index (χ2v) is 17.8. The standard InChI is InChI=1S/C27H37N4OS.C7H7O.CH3.Sb/c1-6-8-11-22(16-21(5)7-2)25-19-33-27(31-25)30-24-13-9-12-23(17-24)26(32)29-15-10-14-28-18-20(3)4;1-8-7-5-3-2-4-6-7;;/h6,8-9,11-13,16-17,19-20H,7,10,14-15,18H2,1-5H3,(H,29,32)(H,30,31);3-6H,1H3;1H3;/q-1;;;+1/b8-6-,21-16?,22-11+;;;. The summed E-state index contributed by atoms with van der Waals surface area (Å²) in [6, 6.07) is 16.2. The Labute approximate surface area is 270 Å². The van der Waals surface area contributed by atoms with Crippen LogP contribution in [-0.2, 0) is 0 Å². The van der Waals surface area contributed by atoms with Crippen molar-refractivity contribution in [1.29, 1.82) is 0 Å². The van der Waals surface area contributed by atoms with Gasteiger partial charge in [-0.3, -0.25) is 0 Å². The molecule has 0 aliphatic heterocycles. The van der Waals surface area contributed by atoms with Crippen LogP contribution in [0.3, 0.4) is 0 Å². The maximum absolute atomic E-state index is 13.0. The molecule has 2 N–H and O–H groups in total. The molecule has 0 fully saturated rings. The fourth-order valence-corrected chi connectivity index (χ4v) is 10.6. The van der Waals surface area contributed by atoms with E-state index in [9.17, 15) is 4.79 Å². The van der Waals surface area contributed by atoms with Crippen LogP contribution < -0.4 is 18.9 Å². The van der Waals surface area contributed by atoms with E-state index < -0.39 is 20.5 Å². The van der Waals surface area contributed by atoms with Crippen LogP contribution in [0.1, 0.15) is 63.5 Å². The topological polar surface area (TPSA) is 66.5 Å². The van der Waals surface area contributed by atoms with Gasteiger partial charge in [0.1, 0.15) is 0 Å². The Bertz CT molecular complexity index is 1390. The number of aromatic nitrogens is 1. The first-order chi connectivity index (χ1) is 20.7. The van der Waals surface area contributed by atoms with Crippen molar-refractivity contribution in [2.75, 3.05) is 32.1 Å². The summed E-state index contributed by atoms with van der Waals surface area (Å²) >= 11 is -0.260. The van der Waals surface area contributed by atoms with Crippen LogP contribution in [0.25, 0.3) is 5.57 Å². The van der Waals surface area contributed by atoms with Gasteiger partial charge >= 0.3 is 198 Å². The number of nitrogens with zero attached hydrogens (tertiary/aromatic N) is 2. The second kappa shape index (κ2) is 18.1. The van der Waals surface area contributed by atoms with Gasteiger partial charge in [-0.2, -0.15) is 0 Å². The number of nitrogens with one attached hydrogen (secondary N) is 2. The molecule has 0 saturated heterocycles. The van der Waals surface area contributed by atoms with Crippen LogP contribution in [0.2, 0.25) is 4.87 Å². The number of hydrogen-bond acceptors (Lipinski definition) is 6. The number of benzene rings is 2. The third-order valence-corrected chi connectivity index (χ3v) is 14.1. The zero-order valence-corrected chi connectivity index (χ0v) is 30.1. The normalized spacial score (nSPS) is 12.5. The molecule has 0 atom stereocenters. The zero-order chi connectivity index (χ0) is 31.2. The minimum absolute atomic E-state index is 0.0556. The molecule has 230 valence electrons. The summed E-state index contributed by atoms with van der Waals surface area (Å²) in [4.78, 5) is 20.3. The molecule has 6 nitrogen and oxygen atoms in total. The van der Waals surface area contributed by atoms with Crippen molar-refractivity contribution in [2.24, 2.45) is 5.92 Å². The number of methoxy groups -OCH3 is 1. The molecule has 0 saturated carbocycles. The van der Waals surface area contributed by atoms with Crippen molar-refractivity contribution >= 4 is 57.6 Å². The Morgan fingerprint density at radius 1 is 1.19 bits per heavy atom. The molecule has 8 heteroatoms. The van der Waals surface area contributed by atoms with Crippen LogP contribution in [0.4, 0.5) is 10.8 Å². The van der Waals surface area contributed by atoms with Gasteiger partial charge in [0.2, 0.25) is 0 Å². The van der Waals surface area contributed by atoms with Crippen LogP contribution in [0, 0.1) is 5.92 Å². The van der Waals surface area contributed by atoms with Gasteiger partial charge in [-0.25, -0.2) is 0 Å². The molecule has 0 unspecified atom stereocenters. The first kappa shape index (κ1) is 34.6. The number of ether oxygens (including phenoxy) is 1. The fourth-order valence-electron chi connectivity index (χ4n) is 4.41. The number of allylic oxidation sites excluding steroid dienone is 6. The van der Waals surface area contributed by atoms with Gasteiger partial charge in [0.25, 0.3) is 0 Å². The average molecular weight is 710 g/mol. The Morgan fingerprint density at radius 2 is 1.95 bits per heavy atom. The summed E-state index contributed by atoms with van der Waals surface area (Å²) in [6.45, 7) is 13.5. The summed E-state index contributed by atoms with van der Waals surface area (Å²) in [5.74, 6) is 1.43. The molecule has 43 heavy (non-hydrogen) atoms. The molecule has 3 rings (SSSR count). The maximum atomic E-state index is 13.0. The number of anilines is 2. The third kappa shape index (κ3) is 11.3. The molecule has 0 radical (unpaired) electrons. The van der Waals surface area contributed by atoms with Gasteiger partial charge in [-0.05, 0) is 20.3 Å². The molecule has 0 bridgehead atoms. The van der Waals surface area contributed by atoms with E-state index in [2.05, 4.69) is 88.1 Å². The van der Waals surface area contributed by atoms with Gasteiger partial charge in [0, 0.05) is 11.0 Å². The van der Waals surface area contributed by atoms with Crippen molar-refractivity contribution < 1.29 is 9.53 Å². The van der Waals surface area contributed by atoms with E-state index in [4.69, 9.17) is 9.72 Å². The minimum atomic E-state index is -1.82. The van der Waals surface area contributed by atoms with Crippen LogP contribution >= 0.6 is 11.3 Å². The number of carbonyl (C=O) groups is 1. The predicted octanol–water partition coefficient (Wildman–Crippen LogP) is 7.82. The summed E-state index contributed by atoms with van der Waals surface area (Å²) < 4.78 is 9.46. The monoisotopic (exact) mass is 708 g/mol. The van der Waals surface area contributed by atoms with Crippen LogP contribution in [0.5, 0.6) is 5.75 Å². The van der Waals surface area contributed by atoms with Crippen molar-refractivity contribution in [3.05, 3.63) is 95.0 Å². The van der Waals surface area contributed by atoms with E-state index in [1.54, 1.807) is 18.4 Å². The van der Waals surface area contributed by atoms with E-state index in [1.807, 2.05) is 43.3 Å². The summed E-state index contributed by atoms with van der Waals surface area (Å²) in [5.41, 5.74) is 4.81. The van der Waals surface area contributed by atoms with Gasteiger partial charge in [0.15, 0.2) is 0 Å². The molecule has 3 aromatic rings. The molecule has 1 amide bonds. The van der Waals surface area contributed by atoms with Crippen molar-refractivity contribution in [3.8, 4) is 5.75 Å². The Hall–Kier alpha value is -2.86. The van der Waals surface area contributed by atoms with E-state index in [0.717, 1.165) is 53.8 Å². The van der Waals surface area contributed by atoms with E-state index >= 15 is 0 Å². The molecule has 1 aromatic heterocycles. The number of rotatable bonds is 16. The Kier molecular flexibility index (Phi) is 14.5. The molecular weight excluding hydrogens is 662 g/mol. The number of thiazole rings is 1. The molecular formula is C35H47N4O2SSb. The first-order valence-corrected chi connectivity index (χ1v) is 20.8. The quantitative estimate of drug-likeness (QED) is 0.0903. The van der Waals surface area contributed by atoms with E-state index in [1.165, 1.54) is 9.08 Å². The SMILES string of the molecule is C/C=C\C=C(/C=C(C)CC)c1csc(Nc2cccc(C(=O)NCCC[N](CC(C)C)[Sb]([CH3])[c]3ccc(OC)cc3)c2)n1. The van der Waals surface area contributed by atoms with Gasteiger partial charge < -0.3 is 0 Å². The molecule has 1 heterocycles. The van der Waals surface area contributed by atoms with Crippen LogP contribution in [-0.4, -0.2) is 61.2 Å². The molecule has 0 aliphatic rings. The van der Waals surface area contributed by atoms with Gasteiger partial charge in [0.05, 0.1) is 5.69 Å². The van der Waals surface area contributed by atoms with E-state index in [-0.39, 0.29) is 5.91 Å². The van der Waals surface area contributed by atoms with Crippen molar-refractivity contribution in [1.82, 2.24) is 13.4 Å². The van der Waals surface area contributed by atoms with E-state index in [0.29, 0.717) is 18.0 Å². The summed E-state index contributed by atoms with van der Waals surface area (Å²) in [6.07, 6.45) is 10.2. The van der Waals surface area contributed by atoms with Crippen molar-refractivity contribution in [3.63, 3.8) is 0 Å². The van der Waals surface area contributed by atoms with Gasteiger partial charge in [-0.15, -0.1) is 0 Å². The Balaban J connectivity index is 1.58. The van der Waals surface area contributed by atoms with Crippen LogP contribution in [0.15, 0.2) is 83.8 Å². The predicted molar refractivity (Wildman–Crippen MR) is 186 cm³/mol. The number of carbonyl (C=O) groups excluding carboxylic acids is 1. The molecule has 2 aromatic carbocycles. The second-order valence-electron chi connectivity index (χ2n) is 10.9. The number of amides is 1. The number of hydrogen-bond donors (Lipinski definition) is 2. The molecule has 0 spiro atoms. The molecule has 0 aliphatic carbocycles. The van der Waals surface area contributed by atoms with Crippen molar-refractivity contribution in [2.45, 2.75) is 52.3 Å². The first-order valence-electron chi connectivity index (χ1n) is 15.0. The van der Waals surface area contributed by atoms with Gasteiger partial charge in [-0.1, -0.05) is 36.8 Å². The third-order valence-electron chi connectivity index (χ3n) is 6.93.